The SMILES string of the molecule is CC(NC1CCCC1C#N)c1ccccc1OC(F)F. The molecule has 1 aliphatic rings. The van der Waals surface area contributed by atoms with Gasteiger partial charge in [-0.05, 0) is 25.8 Å². The highest BCUT2D eigenvalue weighted by Gasteiger charge is 2.28. The molecule has 1 aliphatic carbocycles. The fraction of sp³-hybridized carbons (Fsp3) is 0.533. The molecule has 0 saturated heterocycles. The lowest BCUT2D eigenvalue weighted by Crippen LogP contribution is -2.34. The van der Waals surface area contributed by atoms with Crippen LogP contribution in [0, 0.1) is 17.2 Å². The minimum absolute atomic E-state index is 0.000583. The molecule has 0 amide bonds. The van der Waals surface area contributed by atoms with Crippen LogP contribution in [0.25, 0.3) is 0 Å². The van der Waals surface area contributed by atoms with E-state index in [0.717, 1.165) is 19.3 Å². The Bertz CT molecular complexity index is 487. The van der Waals surface area contributed by atoms with Gasteiger partial charge in [-0.15, -0.1) is 0 Å². The van der Waals surface area contributed by atoms with Gasteiger partial charge in [0, 0.05) is 17.6 Å². The molecule has 5 heteroatoms. The van der Waals surface area contributed by atoms with Crippen LogP contribution >= 0.6 is 0 Å². The Hall–Kier alpha value is -1.67. The number of halogens is 2. The topological polar surface area (TPSA) is 45.0 Å². The summed E-state index contributed by atoms with van der Waals surface area (Å²) in [5.41, 5.74) is 0.691. The number of nitrogens with one attached hydrogen (secondary N) is 1. The lowest BCUT2D eigenvalue weighted by molar-refractivity contribution is -0.0507. The number of rotatable bonds is 5. The number of ether oxygens (including phenoxy) is 1. The molecule has 0 spiro atoms. The van der Waals surface area contributed by atoms with Crippen molar-refractivity contribution in [3.05, 3.63) is 29.8 Å². The third-order valence-electron chi connectivity index (χ3n) is 3.75. The Labute approximate surface area is 117 Å². The fourth-order valence-electron chi connectivity index (χ4n) is 2.77. The first kappa shape index (κ1) is 14.7. The van der Waals surface area contributed by atoms with Crippen molar-refractivity contribution in [2.75, 3.05) is 0 Å². The molecule has 2 rings (SSSR count). The van der Waals surface area contributed by atoms with Crippen LogP contribution in [0.4, 0.5) is 8.78 Å². The highest BCUT2D eigenvalue weighted by Crippen LogP contribution is 2.30. The monoisotopic (exact) mass is 280 g/mol. The summed E-state index contributed by atoms with van der Waals surface area (Å²) in [7, 11) is 0. The standard InChI is InChI=1S/C15H18F2N2O/c1-10(19-13-7-4-5-11(13)9-18)12-6-2-3-8-14(12)20-15(16)17/h2-3,6,8,10-11,13,15,19H,4-5,7H2,1H3. The van der Waals surface area contributed by atoms with Crippen LogP contribution in [0.2, 0.25) is 0 Å². The van der Waals surface area contributed by atoms with Gasteiger partial charge in [0.25, 0.3) is 0 Å². The van der Waals surface area contributed by atoms with Gasteiger partial charge in [0.15, 0.2) is 0 Å². The van der Waals surface area contributed by atoms with Crippen molar-refractivity contribution >= 4 is 0 Å². The third-order valence-corrected chi connectivity index (χ3v) is 3.75. The summed E-state index contributed by atoms with van der Waals surface area (Å²) >= 11 is 0. The quantitative estimate of drug-likeness (QED) is 0.895. The second-order valence-electron chi connectivity index (χ2n) is 5.08. The fourth-order valence-corrected chi connectivity index (χ4v) is 2.77. The molecule has 3 atom stereocenters. The number of nitrogens with zero attached hydrogens (tertiary/aromatic N) is 1. The van der Waals surface area contributed by atoms with Crippen molar-refractivity contribution in [3.8, 4) is 11.8 Å². The van der Waals surface area contributed by atoms with Gasteiger partial charge in [-0.1, -0.05) is 24.6 Å². The smallest absolute Gasteiger partial charge is 0.387 e. The summed E-state index contributed by atoms with van der Waals surface area (Å²) in [6.07, 6.45) is 2.87. The van der Waals surface area contributed by atoms with Crippen LogP contribution in [0.3, 0.4) is 0 Å². The molecule has 3 unspecified atom stereocenters. The van der Waals surface area contributed by atoms with E-state index in [1.165, 1.54) is 6.07 Å². The van der Waals surface area contributed by atoms with E-state index in [1.807, 2.05) is 6.92 Å². The molecule has 108 valence electrons. The Balaban J connectivity index is 2.09. The Morgan fingerprint density at radius 1 is 1.35 bits per heavy atom. The highest BCUT2D eigenvalue weighted by molar-refractivity contribution is 5.35. The summed E-state index contributed by atoms with van der Waals surface area (Å²) in [5.74, 6) is 0.189. The molecule has 0 aromatic heterocycles. The second kappa shape index (κ2) is 6.67. The predicted molar refractivity (Wildman–Crippen MR) is 71.4 cm³/mol. The van der Waals surface area contributed by atoms with E-state index < -0.39 is 6.61 Å². The number of para-hydroxylation sites is 1. The van der Waals surface area contributed by atoms with Crippen molar-refractivity contribution in [1.82, 2.24) is 5.32 Å². The highest BCUT2D eigenvalue weighted by atomic mass is 19.3. The summed E-state index contributed by atoms with van der Waals surface area (Å²) < 4.78 is 29.3. The van der Waals surface area contributed by atoms with E-state index in [1.54, 1.807) is 18.2 Å². The molecule has 0 aliphatic heterocycles. The normalized spacial score (nSPS) is 23.6. The summed E-state index contributed by atoms with van der Waals surface area (Å²) in [6, 6.07) is 9.06. The summed E-state index contributed by atoms with van der Waals surface area (Å²) in [4.78, 5) is 0. The van der Waals surface area contributed by atoms with Crippen molar-refractivity contribution in [2.45, 2.75) is 44.9 Å². The van der Waals surface area contributed by atoms with Gasteiger partial charge >= 0.3 is 6.61 Å². The first-order chi connectivity index (χ1) is 9.61. The maximum atomic E-state index is 12.4. The number of benzene rings is 1. The number of hydrogen-bond donors (Lipinski definition) is 1. The summed E-state index contributed by atoms with van der Waals surface area (Å²) in [6.45, 7) is -0.929. The molecule has 0 radical (unpaired) electrons. The van der Waals surface area contributed by atoms with E-state index in [9.17, 15) is 8.78 Å². The molecular weight excluding hydrogens is 262 g/mol. The molecule has 1 N–H and O–H groups in total. The van der Waals surface area contributed by atoms with Crippen molar-refractivity contribution in [3.63, 3.8) is 0 Å². The zero-order chi connectivity index (χ0) is 14.5. The van der Waals surface area contributed by atoms with Crippen LogP contribution in [0.15, 0.2) is 24.3 Å². The lowest BCUT2D eigenvalue weighted by atomic mass is 10.0. The average molecular weight is 280 g/mol. The zero-order valence-corrected chi connectivity index (χ0v) is 11.4. The van der Waals surface area contributed by atoms with Crippen LogP contribution in [-0.2, 0) is 0 Å². The number of hydrogen-bond acceptors (Lipinski definition) is 3. The third kappa shape index (κ3) is 3.45. The molecule has 1 fully saturated rings. The predicted octanol–water partition coefficient (Wildman–Crippen LogP) is 3.63. The molecule has 1 aromatic rings. The van der Waals surface area contributed by atoms with E-state index >= 15 is 0 Å². The minimum Gasteiger partial charge on any atom is -0.434 e. The van der Waals surface area contributed by atoms with Crippen LogP contribution in [0.5, 0.6) is 5.75 Å². The summed E-state index contributed by atoms with van der Waals surface area (Å²) in [5, 5.41) is 12.4. The second-order valence-corrected chi connectivity index (χ2v) is 5.08. The molecule has 20 heavy (non-hydrogen) atoms. The maximum Gasteiger partial charge on any atom is 0.387 e. The van der Waals surface area contributed by atoms with E-state index in [0.29, 0.717) is 5.56 Å². The molecule has 0 bridgehead atoms. The van der Waals surface area contributed by atoms with Gasteiger partial charge in [0.2, 0.25) is 0 Å². The van der Waals surface area contributed by atoms with E-state index in [4.69, 9.17) is 5.26 Å². The maximum absolute atomic E-state index is 12.4. The van der Waals surface area contributed by atoms with Crippen LogP contribution < -0.4 is 10.1 Å². The van der Waals surface area contributed by atoms with Crippen LogP contribution in [-0.4, -0.2) is 12.7 Å². The molecule has 1 aromatic carbocycles. The van der Waals surface area contributed by atoms with Crippen molar-refractivity contribution in [1.29, 1.82) is 5.26 Å². The molecule has 1 saturated carbocycles. The minimum atomic E-state index is -2.83. The van der Waals surface area contributed by atoms with Crippen molar-refractivity contribution < 1.29 is 13.5 Å². The Morgan fingerprint density at radius 2 is 2.10 bits per heavy atom. The average Bonchev–Trinajstić information content (AvgIpc) is 2.85. The van der Waals surface area contributed by atoms with Gasteiger partial charge in [0.05, 0.1) is 12.0 Å². The molecular formula is C15H18F2N2O. The van der Waals surface area contributed by atoms with Gasteiger partial charge in [0.1, 0.15) is 5.75 Å². The zero-order valence-electron chi connectivity index (χ0n) is 11.4. The molecule has 3 nitrogen and oxygen atoms in total. The van der Waals surface area contributed by atoms with Crippen molar-refractivity contribution in [2.24, 2.45) is 5.92 Å². The Morgan fingerprint density at radius 3 is 2.80 bits per heavy atom. The molecule has 0 heterocycles. The Kier molecular flexibility index (Phi) is 4.91. The largest absolute Gasteiger partial charge is 0.434 e. The van der Waals surface area contributed by atoms with Gasteiger partial charge in [-0.3, -0.25) is 0 Å². The number of alkyl halides is 2. The first-order valence-electron chi connectivity index (χ1n) is 6.81. The van der Waals surface area contributed by atoms with Gasteiger partial charge in [-0.2, -0.15) is 14.0 Å². The van der Waals surface area contributed by atoms with Crippen LogP contribution in [0.1, 0.15) is 37.8 Å². The lowest BCUT2D eigenvalue weighted by Gasteiger charge is -2.23. The first-order valence-corrected chi connectivity index (χ1v) is 6.81. The van der Waals surface area contributed by atoms with E-state index in [-0.39, 0.29) is 23.8 Å². The number of nitriles is 1. The van der Waals surface area contributed by atoms with Gasteiger partial charge < -0.3 is 10.1 Å². The van der Waals surface area contributed by atoms with Gasteiger partial charge in [-0.25, -0.2) is 0 Å². The van der Waals surface area contributed by atoms with E-state index in [2.05, 4.69) is 16.1 Å².